The normalized spacial score (nSPS) is 16.9. The summed E-state index contributed by atoms with van der Waals surface area (Å²) < 4.78 is 0. The molecule has 2 N–H and O–H groups in total. The molecule has 0 radical (unpaired) electrons. The van der Waals surface area contributed by atoms with Gasteiger partial charge in [-0.05, 0) is 11.8 Å². The van der Waals surface area contributed by atoms with Crippen molar-refractivity contribution in [3.8, 4) is 0 Å². The van der Waals surface area contributed by atoms with Crippen molar-refractivity contribution in [2.75, 3.05) is 0 Å². The molecule has 1 amide bonds. The second-order valence-corrected chi connectivity index (χ2v) is 3.29. The van der Waals surface area contributed by atoms with E-state index in [0.29, 0.717) is 11.8 Å². The Labute approximate surface area is 62.8 Å². The Morgan fingerprint density at radius 2 is 1.60 bits per heavy atom. The number of carbonyl (C=O) groups is 1. The Balaban J connectivity index is 3.94. The second kappa shape index (κ2) is 3.59. The fraction of sp³-hybridized carbons (Fsp3) is 0.875. The molecule has 0 aliphatic carbocycles. The SMILES string of the molecule is CC(C)[C@H](C)[C@H](C)C(N)=O. The lowest BCUT2D eigenvalue weighted by Crippen LogP contribution is -2.28. The molecule has 60 valence electrons. The highest BCUT2D eigenvalue weighted by Crippen LogP contribution is 2.18. The van der Waals surface area contributed by atoms with Crippen molar-refractivity contribution in [2.45, 2.75) is 27.7 Å². The maximum atomic E-state index is 10.7. The van der Waals surface area contributed by atoms with Crippen molar-refractivity contribution in [1.29, 1.82) is 0 Å². The van der Waals surface area contributed by atoms with Gasteiger partial charge in [-0.2, -0.15) is 0 Å². The highest BCUT2D eigenvalue weighted by Gasteiger charge is 2.19. The lowest BCUT2D eigenvalue weighted by atomic mass is 9.86. The van der Waals surface area contributed by atoms with Gasteiger partial charge in [0.2, 0.25) is 5.91 Å². The molecule has 0 rings (SSSR count). The topological polar surface area (TPSA) is 43.1 Å². The number of carbonyl (C=O) groups excluding carboxylic acids is 1. The molecule has 0 bridgehead atoms. The fourth-order valence-corrected chi connectivity index (χ4v) is 0.836. The first-order chi connectivity index (χ1) is 4.46. The molecule has 0 aromatic rings. The van der Waals surface area contributed by atoms with Gasteiger partial charge in [0.25, 0.3) is 0 Å². The number of primary amides is 1. The summed E-state index contributed by atoms with van der Waals surface area (Å²) in [6, 6.07) is 0. The standard InChI is InChI=1S/C8H17NO/c1-5(2)6(3)7(4)8(9)10/h5-7H,1-4H3,(H2,9,10)/t6-,7-/m0/s1. The van der Waals surface area contributed by atoms with E-state index in [-0.39, 0.29) is 11.8 Å². The largest absolute Gasteiger partial charge is 0.369 e. The Bertz CT molecular complexity index is 120. The summed E-state index contributed by atoms with van der Waals surface area (Å²) >= 11 is 0. The number of hydrogen-bond acceptors (Lipinski definition) is 1. The number of nitrogens with two attached hydrogens (primary N) is 1. The van der Waals surface area contributed by atoms with Gasteiger partial charge >= 0.3 is 0 Å². The molecule has 0 fully saturated rings. The van der Waals surface area contributed by atoms with Gasteiger partial charge in [0, 0.05) is 5.92 Å². The predicted molar refractivity (Wildman–Crippen MR) is 42.4 cm³/mol. The lowest BCUT2D eigenvalue weighted by molar-refractivity contribution is -0.123. The van der Waals surface area contributed by atoms with Gasteiger partial charge in [-0.1, -0.05) is 27.7 Å². The van der Waals surface area contributed by atoms with Crippen LogP contribution in [0.15, 0.2) is 0 Å². The van der Waals surface area contributed by atoms with E-state index in [0.717, 1.165) is 0 Å². The summed E-state index contributed by atoms with van der Waals surface area (Å²) in [6.45, 7) is 8.14. The molecular weight excluding hydrogens is 126 g/mol. The summed E-state index contributed by atoms with van der Waals surface area (Å²) in [6.07, 6.45) is 0. The Kier molecular flexibility index (Phi) is 3.40. The molecule has 0 aliphatic rings. The van der Waals surface area contributed by atoms with Crippen LogP contribution in [0.25, 0.3) is 0 Å². The average Bonchev–Trinajstić information content (AvgIpc) is 1.84. The second-order valence-electron chi connectivity index (χ2n) is 3.29. The maximum absolute atomic E-state index is 10.7. The van der Waals surface area contributed by atoms with E-state index in [4.69, 9.17) is 5.73 Å². The molecule has 2 nitrogen and oxygen atoms in total. The van der Waals surface area contributed by atoms with Crippen molar-refractivity contribution in [3.05, 3.63) is 0 Å². The van der Waals surface area contributed by atoms with Crippen molar-refractivity contribution in [2.24, 2.45) is 23.5 Å². The first kappa shape index (κ1) is 9.47. The first-order valence-electron chi connectivity index (χ1n) is 3.76. The molecule has 0 aromatic heterocycles. The third kappa shape index (κ3) is 2.38. The van der Waals surface area contributed by atoms with Crippen LogP contribution in [-0.4, -0.2) is 5.91 Å². The van der Waals surface area contributed by atoms with Gasteiger partial charge in [-0.15, -0.1) is 0 Å². The third-order valence-electron chi connectivity index (χ3n) is 2.29. The van der Waals surface area contributed by atoms with Crippen LogP contribution in [0.4, 0.5) is 0 Å². The summed E-state index contributed by atoms with van der Waals surface area (Å²) in [5, 5.41) is 0. The van der Waals surface area contributed by atoms with Crippen LogP contribution < -0.4 is 5.73 Å². The first-order valence-corrected chi connectivity index (χ1v) is 3.76. The molecule has 2 heteroatoms. The zero-order chi connectivity index (χ0) is 8.31. The molecule has 0 aromatic carbocycles. The van der Waals surface area contributed by atoms with E-state index in [2.05, 4.69) is 20.8 Å². The zero-order valence-electron chi connectivity index (χ0n) is 7.22. The van der Waals surface area contributed by atoms with Crippen LogP contribution in [-0.2, 0) is 4.79 Å². The molecule has 10 heavy (non-hydrogen) atoms. The van der Waals surface area contributed by atoms with Crippen LogP contribution in [0.5, 0.6) is 0 Å². The van der Waals surface area contributed by atoms with E-state index in [1.54, 1.807) is 0 Å². The van der Waals surface area contributed by atoms with Gasteiger partial charge in [0.1, 0.15) is 0 Å². The Morgan fingerprint density at radius 3 is 1.70 bits per heavy atom. The summed E-state index contributed by atoms with van der Waals surface area (Å²) in [4.78, 5) is 10.7. The molecule has 0 spiro atoms. The van der Waals surface area contributed by atoms with E-state index in [1.165, 1.54) is 0 Å². The van der Waals surface area contributed by atoms with Crippen molar-refractivity contribution >= 4 is 5.91 Å². The summed E-state index contributed by atoms with van der Waals surface area (Å²) in [7, 11) is 0. The van der Waals surface area contributed by atoms with Crippen LogP contribution in [0.2, 0.25) is 0 Å². The Hall–Kier alpha value is -0.530. The van der Waals surface area contributed by atoms with Crippen LogP contribution in [0, 0.1) is 17.8 Å². The quantitative estimate of drug-likeness (QED) is 0.637. The smallest absolute Gasteiger partial charge is 0.220 e. The van der Waals surface area contributed by atoms with E-state index in [9.17, 15) is 4.79 Å². The van der Waals surface area contributed by atoms with E-state index >= 15 is 0 Å². The average molecular weight is 143 g/mol. The van der Waals surface area contributed by atoms with Gasteiger partial charge in [-0.25, -0.2) is 0 Å². The molecule has 0 unspecified atom stereocenters. The van der Waals surface area contributed by atoms with Crippen LogP contribution >= 0.6 is 0 Å². The summed E-state index contributed by atoms with van der Waals surface area (Å²) in [5.74, 6) is 0.723. The molecular formula is C8H17NO. The summed E-state index contributed by atoms with van der Waals surface area (Å²) in [5.41, 5.74) is 5.14. The fourth-order valence-electron chi connectivity index (χ4n) is 0.836. The van der Waals surface area contributed by atoms with Crippen LogP contribution in [0.1, 0.15) is 27.7 Å². The van der Waals surface area contributed by atoms with Crippen LogP contribution in [0.3, 0.4) is 0 Å². The van der Waals surface area contributed by atoms with Gasteiger partial charge in [0.15, 0.2) is 0 Å². The molecule has 0 heterocycles. The third-order valence-corrected chi connectivity index (χ3v) is 2.29. The highest BCUT2D eigenvalue weighted by atomic mass is 16.1. The molecule has 2 atom stereocenters. The minimum absolute atomic E-state index is 0.000000000000000222. The van der Waals surface area contributed by atoms with Crippen molar-refractivity contribution in [1.82, 2.24) is 0 Å². The van der Waals surface area contributed by atoms with Gasteiger partial charge in [0.05, 0.1) is 0 Å². The van der Waals surface area contributed by atoms with Gasteiger partial charge < -0.3 is 5.73 Å². The Morgan fingerprint density at radius 1 is 1.20 bits per heavy atom. The molecule has 0 saturated heterocycles. The number of hydrogen-bond donors (Lipinski definition) is 1. The molecule has 0 saturated carbocycles. The number of rotatable bonds is 3. The van der Waals surface area contributed by atoms with Gasteiger partial charge in [-0.3, -0.25) is 4.79 Å². The van der Waals surface area contributed by atoms with E-state index in [1.807, 2.05) is 6.92 Å². The predicted octanol–water partition coefficient (Wildman–Crippen LogP) is 1.40. The van der Waals surface area contributed by atoms with Crippen molar-refractivity contribution in [3.63, 3.8) is 0 Å². The number of amides is 1. The zero-order valence-corrected chi connectivity index (χ0v) is 7.22. The molecule has 0 aliphatic heterocycles. The van der Waals surface area contributed by atoms with E-state index < -0.39 is 0 Å². The highest BCUT2D eigenvalue weighted by molar-refractivity contribution is 5.76. The minimum atomic E-state index is -0.193. The minimum Gasteiger partial charge on any atom is -0.369 e. The lowest BCUT2D eigenvalue weighted by Gasteiger charge is -2.19. The van der Waals surface area contributed by atoms with Crippen molar-refractivity contribution < 1.29 is 4.79 Å². The monoisotopic (exact) mass is 143 g/mol. The maximum Gasteiger partial charge on any atom is 0.220 e.